The fraction of sp³-hybridized carbons (Fsp3) is 0.467. The number of piperidine rings is 1. The van der Waals surface area contributed by atoms with Crippen molar-refractivity contribution in [3.05, 3.63) is 29.6 Å². The zero-order chi connectivity index (χ0) is 15.4. The van der Waals surface area contributed by atoms with Gasteiger partial charge in [-0.1, -0.05) is 6.92 Å². The van der Waals surface area contributed by atoms with E-state index in [2.05, 4.69) is 12.2 Å². The SMILES string of the molecule is CCC1CCCCN1C(=O)Nc1ccc(C(N)=O)c(F)c1. The van der Waals surface area contributed by atoms with Crippen molar-refractivity contribution in [2.45, 2.75) is 38.6 Å². The molecular weight excluding hydrogens is 273 g/mol. The maximum absolute atomic E-state index is 13.7. The van der Waals surface area contributed by atoms with E-state index in [0.717, 1.165) is 31.7 Å². The Morgan fingerprint density at radius 3 is 2.81 bits per heavy atom. The molecule has 1 aromatic rings. The average Bonchev–Trinajstić information content (AvgIpc) is 2.46. The number of primary amides is 1. The van der Waals surface area contributed by atoms with Gasteiger partial charge in [-0.2, -0.15) is 0 Å². The molecule has 21 heavy (non-hydrogen) atoms. The maximum Gasteiger partial charge on any atom is 0.322 e. The molecule has 0 bridgehead atoms. The lowest BCUT2D eigenvalue weighted by atomic mass is 10.0. The first-order valence-corrected chi connectivity index (χ1v) is 7.20. The molecule has 1 aliphatic rings. The van der Waals surface area contributed by atoms with Crippen LogP contribution in [-0.2, 0) is 0 Å². The molecule has 0 spiro atoms. The molecule has 3 N–H and O–H groups in total. The monoisotopic (exact) mass is 293 g/mol. The number of benzene rings is 1. The van der Waals surface area contributed by atoms with Crippen molar-refractivity contribution in [1.29, 1.82) is 0 Å². The highest BCUT2D eigenvalue weighted by Gasteiger charge is 2.25. The Labute approximate surface area is 123 Å². The van der Waals surface area contributed by atoms with Crippen LogP contribution in [0.5, 0.6) is 0 Å². The summed E-state index contributed by atoms with van der Waals surface area (Å²) in [5, 5.41) is 2.68. The summed E-state index contributed by atoms with van der Waals surface area (Å²) in [6.45, 7) is 2.77. The molecule has 1 unspecified atom stereocenters. The number of nitrogens with one attached hydrogen (secondary N) is 1. The number of anilines is 1. The third-order valence-corrected chi connectivity index (χ3v) is 3.85. The van der Waals surface area contributed by atoms with Crippen molar-refractivity contribution in [3.63, 3.8) is 0 Å². The molecule has 114 valence electrons. The van der Waals surface area contributed by atoms with Gasteiger partial charge in [-0.15, -0.1) is 0 Å². The molecule has 5 nitrogen and oxygen atoms in total. The number of urea groups is 1. The number of likely N-dealkylation sites (tertiary alicyclic amines) is 1. The Morgan fingerprint density at radius 1 is 1.43 bits per heavy atom. The number of halogens is 1. The van der Waals surface area contributed by atoms with Crippen LogP contribution >= 0.6 is 0 Å². The molecular formula is C15H20FN3O2. The molecule has 1 atom stereocenters. The number of carbonyl (C=O) groups excluding carboxylic acids is 2. The zero-order valence-electron chi connectivity index (χ0n) is 12.1. The van der Waals surface area contributed by atoms with Gasteiger partial charge in [-0.05, 0) is 43.9 Å². The Balaban J connectivity index is 2.08. The van der Waals surface area contributed by atoms with E-state index < -0.39 is 11.7 Å². The van der Waals surface area contributed by atoms with E-state index in [9.17, 15) is 14.0 Å². The number of hydrogen-bond acceptors (Lipinski definition) is 2. The fourth-order valence-electron chi connectivity index (χ4n) is 2.68. The van der Waals surface area contributed by atoms with Gasteiger partial charge in [-0.3, -0.25) is 4.79 Å². The smallest absolute Gasteiger partial charge is 0.322 e. The lowest BCUT2D eigenvalue weighted by Gasteiger charge is -2.35. The van der Waals surface area contributed by atoms with Crippen LogP contribution in [0, 0.1) is 5.82 Å². The van der Waals surface area contributed by atoms with Gasteiger partial charge < -0.3 is 16.0 Å². The predicted octanol–water partition coefficient (Wildman–Crippen LogP) is 2.72. The molecule has 6 heteroatoms. The Kier molecular flexibility index (Phi) is 4.77. The van der Waals surface area contributed by atoms with E-state index >= 15 is 0 Å². The summed E-state index contributed by atoms with van der Waals surface area (Å²) >= 11 is 0. The van der Waals surface area contributed by atoms with Crippen LogP contribution in [0.1, 0.15) is 43.0 Å². The van der Waals surface area contributed by atoms with E-state index in [1.807, 2.05) is 0 Å². The summed E-state index contributed by atoms with van der Waals surface area (Å²) in [6.07, 6.45) is 4.02. The molecule has 1 saturated heterocycles. The third kappa shape index (κ3) is 3.51. The average molecular weight is 293 g/mol. The van der Waals surface area contributed by atoms with Crippen LogP contribution in [0.15, 0.2) is 18.2 Å². The topological polar surface area (TPSA) is 75.4 Å². The van der Waals surface area contributed by atoms with E-state index in [1.54, 1.807) is 4.90 Å². The van der Waals surface area contributed by atoms with Gasteiger partial charge in [0.15, 0.2) is 0 Å². The molecule has 1 fully saturated rings. The van der Waals surface area contributed by atoms with Gasteiger partial charge in [0.05, 0.1) is 5.56 Å². The summed E-state index contributed by atoms with van der Waals surface area (Å²) in [4.78, 5) is 25.0. The van der Waals surface area contributed by atoms with Crippen molar-refractivity contribution in [2.24, 2.45) is 5.73 Å². The second-order valence-electron chi connectivity index (χ2n) is 5.24. The fourth-order valence-corrected chi connectivity index (χ4v) is 2.68. The van der Waals surface area contributed by atoms with Crippen LogP contribution in [0.3, 0.4) is 0 Å². The summed E-state index contributed by atoms with van der Waals surface area (Å²) < 4.78 is 13.7. The first-order chi connectivity index (χ1) is 10.0. The highest BCUT2D eigenvalue weighted by atomic mass is 19.1. The van der Waals surface area contributed by atoms with Gasteiger partial charge in [0.1, 0.15) is 5.82 Å². The van der Waals surface area contributed by atoms with E-state index in [0.29, 0.717) is 12.2 Å². The minimum absolute atomic E-state index is 0.183. The Hall–Kier alpha value is -2.11. The molecule has 3 amide bonds. The first kappa shape index (κ1) is 15.3. The molecule has 2 rings (SSSR count). The minimum atomic E-state index is -0.826. The molecule has 0 radical (unpaired) electrons. The van der Waals surface area contributed by atoms with Crippen molar-refractivity contribution < 1.29 is 14.0 Å². The van der Waals surface area contributed by atoms with Crippen molar-refractivity contribution in [1.82, 2.24) is 4.90 Å². The van der Waals surface area contributed by atoms with Gasteiger partial charge >= 0.3 is 6.03 Å². The highest BCUT2D eigenvalue weighted by Crippen LogP contribution is 2.21. The van der Waals surface area contributed by atoms with Crippen LogP contribution in [0.25, 0.3) is 0 Å². The van der Waals surface area contributed by atoms with E-state index in [1.165, 1.54) is 12.1 Å². The molecule has 0 aliphatic carbocycles. The largest absolute Gasteiger partial charge is 0.366 e. The second-order valence-corrected chi connectivity index (χ2v) is 5.24. The molecule has 1 heterocycles. The number of carbonyl (C=O) groups is 2. The Morgan fingerprint density at radius 2 is 2.19 bits per heavy atom. The van der Waals surface area contributed by atoms with Crippen molar-refractivity contribution in [2.75, 3.05) is 11.9 Å². The first-order valence-electron chi connectivity index (χ1n) is 7.20. The van der Waals surface area contributed by atoms with Gasteiger partial charge in [0.2, 0.25) is 0 Å². The number of amides is 3. The van der Waals surface area contributed by atoms with Crippen LogP contribution in [-0.4, -0.2) is 29.4 Å². The van der Waals surface area contributed by atoms with Crippen molar-refractivity contribution in [3.8, 4) is 0 Å². The quantitative estimate of drug-likeness (QED) is 0.899. The normalized spacial score (nSPS) is 18.4. The lowest BCUT2D eigenvalue weighted by molar-refractivity contribution is 0.0996. The van der Waals surface area contributed by atoms with Gasteiger partial charge in [0, 0.05) is 18.3 Å². The lowest BCUT2D eigenvalue weighted by Crippen LogP contribution is -2.45. The van der Waals surface area contributed by atoms with E-state index in [-0.39, 0.29) is 17.6 Å². The summed E-state index contributed by atoms with van der Waals surface area (Å²) in [5.74, 6) is -1.56. The molecule has 1 aromatic carbocycles. The number of nitrogens with two attached hydrogens (primary N) is 1. The minimum Gasteiger partial charge on any atom is -0.366 e. The molecule has 0 saturated carbocycles. The summed E-state index contributed by atoms with van der Waals surface area (Å²) in [5.41, 5.74) is 5.18. The van der Waals surface area contributed by atoms with Crippen LogP contribution < -0.4 is 11.1 Å². The second kappa shape index (κ2) is 6.56. The zero-order valence-corrected chi connectivity index (χ0v) is 12.1. The molecule has 0 aromatic heterocycles. The summed E-state index contributed by atoms with van der Waals surface area (Å²) in [7, 11) is 0. The van der Waals surface area contributed by atoms with Gasteiger partial charge in [0.25, 0.3) is 5.91 Å². The Bertz CT molecular complexity index is 548. The summed E-state index contributed by atoms with van der Waals surface area (Å²) in [6, 6.07) is 3.87. The van der Waals surface area contributed by atoms with Crippen molar-refractivity contribution >= 4 is 17.6 Å². The highest BCUT2D eigenvalue weighted by molar-refractivity contribution is 5.94. The third-order valence-electron chi connectivity index (χ3n) is 3.85. The molecule has 1 aliphatic heterocycles. The number of nitrogens with zero attached hydrogens (tertiary/aromatic N) is 1. The maximum atomic E-state index is 13.7. The standard InChI is InChI=1S/C15H20FN3O2/c1-2-11-5-3-4-8-19(11)15(21)18-10-6-7-12(14(17)20)13(16)9-10/h6-7,9,11H,2-5,8H2,1H3,(H2,17,20)(H,18,21). The van der Waals surface area contributed by atoms with E-state index in [4.69, 9.17) is 5.73 Å². The number of hydrogen-bond donors (Lipinski definition) is 2. The predicted molar refractivity (Wildman–Crippen MR) is 78.6 cm³/mol. The van der Waals surface area contributed by atoms with Crippen LogP contribution in [0.4, 0.5) is 14.9 Å². The van der Waals surface area contributed by atoms with Gasteiger partial charge in [-0.25, -0.2) is 9.18 Å². The number of rotatable bonds is 3. The van der Waals surface area contributed by atoms with Crippen LogP contribution in [0.2, 0.25) is 0 Å².